The van der Waals surface area contributed by atoms with E-state index in [-0.39, 0.29) is 63.7 Å². The number of aromatic nitrogens is 3. The predicted molar refractivity (Wildman–Crippen MR) is 65.2 cm³/mol. The average Bonchev–Trinajstić information content (AvgIpc) is 2.64. The fraction of sp³-hybridized carbons (Fsp3) is 0.273. The SMILES string of the molecule is Cc1cc(COc2cncc([B-](F)(F)F)c2)n(C)n1.[K+]. The molecule has 0 atom stereocenters. The van der Waals surface area contributed by atoms with Crippen molar-refractivity contribution in [3.8, 4) is 5.75 Å². The molecule has 0 radical (unpaired) electrons. The zero-order valence-corrected chi connectivity index (χ0v) is 14.6. The first-order valence-corrected chi connectivity index (χ1v) is 5.63. The molecule has 0 N–H and O–H groups in total. The first-order chi connectivity index (χ1) is 8.86. The van der Waals surface area contributed by atoms with Crippen molar-refractivity contribution in [1.82, 2.24) is 14.8 Å². The molecule has 2 aromatic heterocycles. The predicted octanol–water partition coefficient (Wildman–Crippen LogP) is -1.24. The fourth-order valence-electron chi connectivity index (χ4n) is 1.65. The molecule has 4 nitrogen and oxygen atoms in total. The molecule has 0 bridgehead atoms. The van der Waals surface area contributed by atoms with Crippen molar-refractivity contribution in [2.75, 3.05) is 0 Å². The van der Waals surface area contributed by atoms with E-state index in [2.05, 4.69) is 10.1 Å². The number of hydrogen-bond donors (Lipinski definition) is 0. The van der Waals surface area contributed by atoms with Gasteiger partial charge in [0.05, 0.1) is 17.6 Å². The maximum atomic E-state index is 12.6. The van der Waals surface area contributed by atoms with Gasteiger partial charge in [-0.15, -0.1) is 0 Å². The van der Waals surface area contributed by atoms with Crippen LogP contribution in [0, 0.1) is 6.92 Å². The Morgan fingerprint density at radius 1 is 1.25 bits per heavy atom. The molecule has 0 aliphatic rings. The Hall–Kier alpha value is -0.349. The summed E-state index contributed by atoms with van der Waals surface area (Å²) in [6.07, 6.45) is 2.05. The van der Waals surface area contributed by atoms with Crippen LogP contribution >= 0.6 is 0 Å². The Morgan fingerprint density at radius 3 is 2.50 bits per heavy atom. The van der Waals surface area contributed by atoms with Crippen molar-refractivity contribution in [2.24, 2.45) is 7.05 Å². The van der Waals surface area contributed by atoms with Crippen molar-refractivity contribution in [1.29, 1.82) is 0 Å². The normalized spacial score (nSPS) is 11.1. The van der Waals surface area contributed by atoms with Gasteiger partial charge in [-0.3, -0.25) is 9.67 Å². The van der Waals surface area contributed by atoms with Crippen molar-refractivity contribution in [2.45, 2.75) is 13.5 Å². The Labute approximate surface area is 157 Å². The third-order valence-corrected chi connectivity index (χ3v) is 2.60. The quantitative estimate of drug-likeness (QED) is 0.664. The van der Waals surface area contributed by atoms with Gasteiger partial charge in [0, 0.05) is 13.2 Å². The van der Waals surface area contributed by atoms with Gasteiger partial charge >= 0.3 is 58.4 Å². The van der Waals surface area contributed by atoms with Crippen LogP contribution in [0.1, 0.15) is 11.4 Å². The molecule has 2 aromatic rings. The molecule has 0 saturated heterocycles. The minimum absolute atomic E-state index is 0. The summed E-state index contributed by atoms with van der Waals surface area (Å²) in [6, 6.07) is 2.77. The Bertz CT molecular complexity index is 589. The summed E-state index contributed by atoms with van der Waals surface area (Å²) in [5.41, 5.74) is 0.839. The molecular weight excluding hydrogens is 297 g/mol. The third kappa shape index (κ3) is 4.59. The minimum Gasteiger partial charge on any atom is -0.486 e. The molecular formula is C11H12BF3KN3O. The molecule has 0 saturated carbocycles. The number of aryl methyl sites for hydroxylation is 2. The van der Waals surface area contributed by atoms with Crippen LogP contribution in [0.4, 0.5) is 12.9 Å². The van der Waals surface area contributed by atoms with E-state index < -0.39 is 12.4 Å². The van der Waals surface area contributed by atoms with Gasteiger partial charge in [-0.05, 0) is 19.1 Å². The number of ether oxygens (including phenoxy) is 1. The maximum absolute atomic E-state index is 12.6. The van der Waals surface area contributed by atoms with Crippen molar-refractivity contribution in [3.05, 3.63) is 35.9 Å². The van der Waals surface area contributed by atoms with Crippen molar-refractivity contribution in [3.63, 3.8) is 0 Å². The Kier molecular flexibility index (Phi) is 6.27. The summed E-state index contributed by atoms with van der Waals surface area (Å²) in [5, 5.41) is 4.12. The number of halogens is 3. The molecule has 2 heterocycles. The van der Waals surface area contributed by atoms with Crippen LogP contribution in [0.5, 0.6) is 5.75 Å². The zero-order chi connectivity index (χ0) is 14.0. The van der Waals surface area contributed by atoms with E-state index in [4.69, 9.17) is 4.74 Å². The van der Waals surface area contributed by atoms with E-state index in [1.807, 2.05) is 13.0 Å². The summed E-state index contributed by atoms with van der Waals surface area (Å²) in [4.78, 5) is 3.54. The maximum Gasteiger partial charge on any atom is 1.00 e. The van der Waals surface area contributed by atoms with Crippen LogP contribution in [0.3, 0.4) is 0 Å². The molecule has 0 fully saturated rings. The van der Waals surface area contributed by atoms with Gasteiger partial charge in [-0.2, -0.15) is 5.10 Å². The largest absolute Gasteiger partial charge is 1.00 e. The molecule has 0 aliphatic carbocycles. The average molecular weight is 309 g/mol. The number of pyridine rings is 1. The summed E-state index contributed by atoms with van der Waals surface area (Å²) in [6.45, 7) is -3.08. The summed E-state index contributed by atoms with van der Waals surface area (Å²) in [7, 11) is 1.75. The monoisotopic (exact) mass is 309 g/mol. The van der Waals surface area contributed by atoms with E-state index in [9.17, 15) is 12.9 Å². The standard InChI is InChI=1S/C11H12BF3N3O.K/c1-8-3-10(18(2)17-8)7-19-11-4-9(5-16-6-11)12(13,14)15;/h3-6H,7H2,1-2H3;/q-1;+1. The van der Waals surface area contributed by atoms with Gasteiger partial charge in [0.2, 0.25) is 0 Å². The van der Waals surface area contributed by atoms with Gasteiger partial charge in [0.25, 0.3) is 0 Å². The molecule has 0 amide bonds. The number of nitrogens with zero attached hydrogens (tertiary/aromatic N) is 3. The van der Waals surface area contributed by atoms with Crippen LogP contribution in [0.25, 0.3) is 0 Å². The molecule has 2 rings (SSSR count). The van der Waals surface area contributed by atoms with Crippen LogP contribution in [0.15, 0.2) is 24.5 Å². The molecule has 0 aromatic carbocycles. The van der Waals surface area contributed by atoms with E-state index >= 15 is 0 Å². The first-order valence-electron chi connectivity index (χ1n) is 5.63. The molecule has 0 unspecified atom stereocenters. The minimum atomic E-state index is -5.06. The van der Waals surface area contributed by atoms with Gasteiger partial charge in [-0.25, -0.2) is 0 Å². The van der Waals surface area contributed by atoms with E-state index in [0.717, 1.165) is 23.7 Å². The smallest absolute Gasteiger partial charge is 0.486 e. The van der Waals surface area contributed by atoms with Crippen LogP contribution < -0.4 is 61.6 Å². The van der Waals surface area contributed by atoms with E-state index in [0.29, 0.717) is 0 Å². The third-order valence-electron chi connectivity index (χ3n) is 2.60. The molecule has 9 heteroatoms. The number of hydrogen-bond acceptors (Lipinski definition) is 3. The van der Waals surface area contributed by atoms with Crippen LogP contribution in [0.2, 0.25) is 0 Å². The Balaban J connectivity index is 0.00000200. The Morgan fingerprint density at radius 2 is 1.95 bits per heavy atom. The fourth-order valence-corrected chi connectivity index (χ4v) is 1.65. The summed E-state index contributed by atoms with van der Waals surface area (Å²) in [5.74, 6) is 0.0931. The van der Waals surface area contributed by atoms with Crippen LogP contribution in [-0.2, 0) is 13.7 Å². The van der Waals surface area contributed by atoms with E-state index in [1.165, 1.54) is 6.20 Å². The summed E-state index contributed by atoms with van der Waals surface area (Å²) < 4.78 is 44.6. The van der Waals surface area contributed by atoms with Gasteiger partial charge in [0.1, 0.15) is 12.4 Å². The second-order valence-electron chi connectivity index (χ2n) is 4.22. The number of rotatable bonds is 4. The van der Waals surface area contributed by atoms with Crippen molar-refractivity contribution >= 4 is 12.4 Å². The molecule has 0 aliphatic heterocycles. The van der Waals surface area contributed by atoms with Gasteiger partial charge in [0.15, 0.2) is 0 Å². The van der Waals surface area contributed by atoms with Crippen molar-refractivity contribution < 1.29 is 69.1 Å². The topological polar surface area (TPSA) is 39.9 Å². The van der Waals surface area contributed by atoms with E-state index in [1.54, 1.807) is 11.7 Å². The summed E-state index contributed by atoms with van der Waals surface area (Å²) >= 11 is 0. The van der Waals surface area contributed by atoms with Gasteiger partial charge < -0.3 is 17.7 Å². The first kappa shape index (κ1) is 17.7. The van der Waals surface area contributed by atoms with Gasteiger partial charge in [-0.1, -0.05) is 5.46 Å². The second kappa shape index (κ2) is 7.08. The molecule has 0 spiro atoms. The molecule has 20 heavy (non-hydrogen) atoms. The zero-order valence-electron chi connectivity index (χ0n) is 11.5. The van der Waals surface area contributed by atoms with Crippen LogP contribution in [-0.4, -0.2) is 21.7 Å². The second-order valence-corrected chi connectivity index (χ2v) is 4.22. The molecule has 102 valence electrons.